The molecule has 0 unspecified atom stereocenters. The average Bonchev–Trinajstić information content (AvgIpc) is 2.83. The van der Waals surface area contributed by atoms with Gasteiger partial charge >= 0.3 is 0 Å². The van der Waals surface area contributed by atoms with Gasteiger partial charge < -0.3 is 10.1 Å². The van der Waals surface area contributed by atoms with Crippen LogP contribution in [-0.2, 0) is 11.8 Å². The fraction of sp³-hybridized carbons (Fsp3) is 0.786. The van der Waals surface area contributed by atoms with Crippen molar-refractivity contribution in [2.24, 2.45) is 7.05 Å². The number of aromatic nitrogens is 2. The molecule has 4 heteroatoms. The summed E-state index contributed by atoms with van der Waals surface area (Å²) in [4.78, 5) is 0. The molecule has 4 nitrogen and oxygen atoms in total. The molecule has 2 aliphatic rings. The van der Waals surface area contributed by atoms with Gasteiger partial charge in [-0.05, 0) is 44.8 Å². The van der Waals surface area contributed by atoms with Gasteiger partial charge in [0, 0.05) is 37.8 Å². The van der Waals surface area contributed by atoms with Gasteiger partial charge in [-0.25, -0.2) is 0 Å². The Morgan fingerprint density at radius 3 is 2.61 bits per heavy atom. The van der Waals surface area contributed by atoms with Gasteiger partial charge in [0.25, 0.3) is 0 Å². The molecule has 1 aromatic rings. The number of aryl methyl sites for hydroxylation is 1. The van der Waals surface area contributed by atoms with Crippen molar-refractivity contribution < 1.29 is 4.74 Å². The fourth-order valence-corrected chi connectivity index (χ4v) is 3.20. The van der Waals surface area contributed by atoms with Crippen LogP contribution >= 0.6 is 0 Å². The van der Waals surface area contributed by atoms with E-state index in [1.54, 1.807) is 0 Å². The minimum atomic E-state index is 0.645. The first kappa shape index (κ1) is 12.2. The third-order valence-corrected chi connectivity index (χ3v) is 4.33. The molecule has 2 fully saturated rings. The van der Waals surface area contributed by atoms with E-state index in [2.05, 4.69) is 23.1 Å². The van der Waals surface area contributed by atoms with E-state index >= 15 is 0 Å². The molecular formula is C14H23N3O. The van der Waals surface area contributed by atoms with Crippen LogP contribution < -0.4 is 5.32 Å². The number of nitrogens with zero attached hydrogens (tertiary/aromatic N) is 2. The van der Waals surface area contributed by atoms with Gasteiger partial charge in [0.05, 0.1) is 5.69 Å². The lowest BCUT2D eigenvalue weighted by molar-refractivity contribution is 0.0837. The van der Waals surface area contributed by atoms with Crippen LogP contribution in [0.1, 0.15) is 48.9 Å². The molecule has 0 atom stereocenters. The largest absolute Gasteiger partial charge is 0.381 e. The maximum Gasteiger partial charge on any atom is 0.0659 e. The Labute approximate surface area is 109 Å². The molecule has 0 amide bonds. The molecular weight excluding hydrogens is 226 g/mol. The lowest BCUT2D eigenvalue weighted by Crippen LogP contribution is -2.26. The van der Waals surface area contributed by atoms with Crippen molar-refractivity contribution in [3.63, 3.8) is 0 Å². The molecule has 2 aliphatic heterocycles. The Balaban J connectivity index is 1.76. The second-order valence-corrected chi connectivity index (χ2v) is 5.53. The number of rotatable bonds is 2. The highest BCUT2D eigenvalue weighted by Gasteiger charge is 2.23. The standard InChI is InChI=1S/C14H23N3O/c1-17-14(12-4-8-18-9-5-12)10-13(16-17)11-2-6-15-7-3-11/h10-12,15H,2-9H2,1H3. The molecule has 2 saturated heterocycles. The first-order chi connectivity index (χ1) is 8.84. The SMILES string of the molecule is Cn1nc(C2CCNCC2)cc1C1CCOCC1. The Morgan fingerprint density at radius 2 is 1.89 bits per heavy atom. The second kappa shape index (κ2) is 5.41. The normalized spacial score (nSPS) is 23.4. The molecule has 3 heterocycles. The Kier molecular flexibility index (Phi) is 3.66. The summed E-state index contributed by atoms with van der Waals surface area (Å²) in [6.45, 7) is 4.07. The van der Waals surface area contributed by atoms with Crippen molar-refractivity contribution >= 4 is 0 Å². The minimum absolute atomic E-state index is 0.645. The van der Waals surface area contributed by atoms with Crippen LogP contribution in [0.2, 0.25) is 0 Å². The summed E-state index contributed by atoms with van der Waals surface area (Å²) in [6, 6.07) is 2.35. The van der Waals surface area contributed by atoms with E-state index in [0.717, 1.165) is 39.1 Å². The first-order valence-corrected chi connectivity index (χ1v) is 7.17. The zero-order valence-electron chi connectivity index (χ0n) is 11.2. The van der Waals surface area contributed by atoms with Crippen LogP contribution in [0, 0.1) is 0 Å². The Hall–Kier alpha value is -0.870. The lowest BCUT2D eigenvalue weighted by atomic mass is 9.92. The van der Waals surface area contributed by atoms with Crippen LogP contribution in [0.5, 0.6) is 0 Å². The number of hydrogen-bond acceptors (Lipinski definition) is 3. The van der Waals surface area contributed by atoms with Crippen molar-refractivity contribution in [1.29, 1.82) is 0 Å². The summed E-state index contributed by atoms with van der Waals surface area (Å²) >= 11 is 0. The summed E-state index contributed by atoms with van der Waals surface area (Å²) < 4.78 is 7.55. The van der Waals surface area contributed by atoms with Crippen LogP contribution in [0.3, 0.4) is 0 Å². The summed E-state index contributed by atoms with van der Waals surface area (Å²) in [6.07, 6.45) is 4.74. The highest BCUT2D eigenvalue weighted by Crippen LogP contribution is 2.31. The van der Waals surface area contributed by atoms with Crippen molar-refractivity contribution in [3.8, 4) is 0 Å². The van der Waals surface area contributed by atoms with Gasteiger partial charge in [0.2, 0.25) is 0 Å². The average molecular weight is 249 g/mol. The van der Waals surface area contributed by atoms with Crippen LogP contribution in [-0.4, -0.2) is 36.1 Å². The quantitative estimate of drug-likeness (QED) is 0.868. The summed E-state index contributed by atoms with van der Waals surface area (Å²) in [7, 11) is 2.09. The van der Waals surface area contributed by atoms with E-state index in [4.69, 9.17) is 9.84 Å². The van der Waals surface area contributed by atoms with Gasteiger partial charge in [-0.3, -0.25) is 4.68 Å². The van der Waals surface area contributed by atoms with E-state index in [9.17, 15) is 0 Å². The fourth-order valence-electron chi connectivity index (χ4n) is 3.20. The van der Waals surface area contributed by atoms with Crippen molar-refractivity contribution in [3.05, 3.63) is 17.5 Å². The summed E-state index contributed by atoms with van der Waals surface area (Å²) in [5, 5.41) is 8.18. The Bertz CT molecular complexity index is 390. The zero-order chi connectivity index (χ0) is 12.4. The third kappa shape index (κ3) is 2.45. The van der Waals surface area contributed by atoms with E-state index in [0.29, 0.717) is 11.8 Å². The first-order valence-electron chi connectivity index (χ1n) is 7.17. The smallest absolute Gasteiger partial charge is 0.0659 e. The zero-order valence-corrected chi connectivity index (χ0v) is 11.2. The molecule has 0 aromatic carbocycles. The van der Waals surface area contributed by atoms with Crippen molar-refractivity contribution in [2.45, 2.75) is 37.5 Å². The van der Waals surface area contributed by atoms with Gasteiger partial charge in [0.15, 0.2) is 0 Å². The second-order valence-electron chi connectivity index (χ2n) is 5.53. The van der Waals surface area contributed by atoms with Gasteiger partial charge in [0.1, 0.15) is 0 Å². The van der Waals surface area contributed by atoms with Gasteiger partial charge in [-0.15, -0.1) is 0 Å². The number of ether oxygens (including phenoxy) is 1. The molecule has 0 saturated carbocycles. The van der Waals surface area contributed by atoms with Gasteiger partial charge in [-0.2, -0.15) is 5.10 Å². The highest BCUT2D eigenvalue weighted by atomic mass is 16.5. The van der Waals surface area contributed by atoms with Crippen LogP contribution in [0.15, 0.2) is 6.07 Å². The molecule has 0 radical (unpaired) electrons. The van der Waals surface area contributed by atoms with Crippen molar-refractivity contribution in [1.82, 2.24) is 15.1 Å². The maximum absolute atomic E-state index is 5.45. The molecule has 18 heavy (non-hydrogen) atoms. The van der Waals surface area contributed by atoms with E-state index in [1.807, 2.05) is 0 Å². The molecule has 100 valence electrons. The number of hydrogen-bond donors (Lipinski definition) is 1. The highest BCUT2D eigenvalue weighted by molar-refractivity contribution is 5.19. The van der Waals surface area contributed by atoms with Gasteiger partial charge in [-0.1, -0.05) is 0 Å². The number of piperidine rings is 1. The van der Waals surface area contributed by atoms with Crippen molar-refractivity contribution in [2.75, 3.05) is 26.3 Å². The monoisotopic (exact) mass is 249 g/mol. The van der Waals surface area contributed by atoms with Crippen LogP contribution in [0.4, 0.5) is 0 Å². The summed E-state index contributed by atoms with van der Waals surface area (Å²) in [5.41, 5.74) is 2.72. The predicted octanol–water partition coefficient (Wildman–Crippen LogP) is 1.78. The van der Waals surface area contributed by atoms with E-state index < -0.39 is 0 Å². The summed E-state index contributed by atoms with van der Waals surface area (Å²) in [5.74, 6) is 1.30. The Morgan fingerprint density at radius 1 is 1.17 bits per heavy atom. The number of nitrogens with one attached hydrogen (secondary N) is 1. The van der Waals surface area contributed by atoms with E-state index in [1.165, 1.54) is 24.2 Å². The maximum atomic E-state index is 5.45. The topological polar surface area (TPSA) is 39.1 Å². The van der Waals surface area contributed by atoms with Crippen LogP contribution in [0.25, 0.3) is 0 Å². The predicted molar refractivity (Wildman–Crippen MR) is 70.8 cm³/mol. The molecule has 0 aliphatic carbocycles. The third-order valence-electron chi connectivity index (χ3n) is 4.33. The lowest BCUT2D eigenvalue weighted by Gasteiger charge is -2.22. The molecule has 1 N–H and O–H groups in total. The molecule has 0 spiro atoms. The minimum Gasteiger partial charge on any atom is -0.381 e. The molecule has 0 bridgehead atoms. The van der Waals surface area contributed by atoms with E-state index in [-0.39, 0.29) is 0 Å². The molecule has 1 aromatic heterocycles. The molecule has 3 rings (SSSR count).